The van der Waals surface area contributed by atoms with Crippen LogP contribution in [0.3, 0.4) is 0 Å². The first-order valence-electron chi connectivity index (χ1n) is 6.78. The van der Waals surface area contributed by atoms with Crippen LogP contribution in [0.5, 0.6) is 11.5 Å². The minimum atomic E-state index is 0.170. The Labute approximate surface area is 116 Å². The van der Waals surface area contributed by atoms with Crippen LogP contribution in [0, 0.1) is 0 Å². The maximum atomic E-state index is 5.48. The molecule has 1 rings (SSSR count). The molecule has 1 aromatic rings. The van der Waals surface area contributed by atoms with E-state index in [-0.39, 0.29) is 6.04 Å². The number of benzene rings is 1. The molecule has 106 valence electrons. The summed E-state index contributed by atoms with van der Waals surface area (Å²) in [6.07, 6.45) is 1.88. The van der Waals surface area contributed by atoms with Crippen LogP contribution < -0.4 is 14.8 Å². The smallest absolute Gasteiger partial charge is 0.127 e. The molecule has 0 fully saturated rings. The normalized spacial score (nSPS) is 12.0. The molecule has 1 unspecified atom stereocenters. The van der Waals surface area contributed by atoms with Crippen molar-refractivity contribution in [2.75, 3.05) is 20.8 Å². The van der Waals surface area contributed by atoms with Crippen LogP contribution in [0.2, 0.25) is 0 Å². The summed E-state index contributed by atoms with van der Waals surface area (Å²) in [5, 5.41) is 3.49. The van der Waals surface area contributed by atoms with Gasteiger partial charge in [0.25, 0.3) is 0 Å². The summed E-state index contributed by atoms with van der Waals surface area (Å²) in [6.45, 7) is 9.23. The number of hydrogen-bond donors (Lipinski definition) is 1. The van der Waals surface area contributed by atoms with Gasteiger partial charge in [-0.2, -0.15) is 0 Å². The fourth-order valence-corrected chi connectivity index (χ4v) is 2.18. The number of nitrogens with one attached hydrogen (secondary N) is 1. The zero-order chi connectivity index (χ0) is 14.3. The highest BCUT2D eigenvalue weighted by Gasteiger charge is 2.20. The number of rotatable bonds is 8. The lowest BCUT2D eigenvalue weighted by Crippen LogP contribution is -2.22. The average molecular weight is 263 g/mol. The van der Waals surface area contributed by atoms with Gasteiger partial charge in [-0.05, 0) is 31.5 Å². The van der Waals surface area contributed by atoms with Crippen molar-refractivity contribution in [2.45, 2.75) is 32.7 Å². The van der Waals surface area contributed by atoms with Gasteiger partial charge in [-0.25, -0.2) is 0 Å². The van der Waals surface area contributed by atoms with E-state index < -0.39 is 0 Å². The zero-order valence-corrected chi connectivity index (χ0v) is 12.5. The Morgan fingerprint density at radius 3 is 2.21 bits per heavy atom. The topological polar surface area (TPSA) is 30.5 Å². The highest BCUT2D eigenvalue weighted by Crippen LogP contribution is 2.36. The summed E-state index contributed by atoms with van der Waals surface area (Å²) in [5.41, 5.74) is 2.29. The third-order valence-electron chi connectivity index (χ3n) is 3.26. The molecule has 3 nitrogen and oxygen atoms in total. The van der Waals surface area contributed by atoms with Crippen molar-refractivity contribution in [1.29, 1.82) is 0 Å². The molecule has 0 heterocycles. The lowest BCUT2D eigenvalue weighted by molar-refractivity contribution is 0.370. The highest BCUT2D eigenvalue weighted by molar-refractivity contribution is 5.47. The van der Waals surface area contributed by atoms with Crippen molar-refractivity contribution >= 4 is 0 Å². The van der Waals surface area contributed by atoms with Gasteiger partial charge in [-0.15, -0.1) is 0 Å². The molecule has 1 N–H and O–H groups in total. The van der Waals surface area contributed by atoms with Crippen molar-refractivity contribution < 1.29 is 9.47 Å². The number of hydrogen-bond acceptors (Lipinski definition) is 3. The van der Waals surface area contributed by atoms with Crippen LogP contribution in [0.1, 0.15) is 38.3 Å². The molecule has 0 amide bonds. The first-order valence-corrected chi connectivity index (χ1v) is 6.78. The van der Waals surface area contributed by atoms with Gasteiger partial charge in [0, 0.05) is 6.04 Å². The Kier molecular flexibility index (Phi) is 6.43. The second-order valence-electron chi connectivity index (χ2n) is 4.49. The summed E-state index contributed by atoms with van der Waals surface area (Å²) < 4.78 is 11.0. The minimum absolute atomic E-state index is 0.170. The molecular formula is C16H25NO2. The molecule has 0 aliphatic rings. The van der Waals surface area contributed by atoms with Crippen LogP contribution >= 0.6 is 0 Å². The van der Waals surface area contributed by atoms with Gasteiger partial charge in [0.15, 0.2) is 0 Å². The quantitative estimate of drug-likeness (QED) is 0.725. The third kappa shape index (κ3) is 4.00. The molecule has 0 spiro atoms. The summed E-state index contributed by atoms with van der Waals surface area (Å²) in [4.78, 5) is 0. The fraction of sp³-hybridized carbons (Fsp3) is 0.500. The lowest BCUT2D eigenvalue weighted by atomic mass is 9.96. The third-order valence-corrected chi connectivity index (χ3v) is 3.26. The van der Waals surface area contributed by atoms with E-state index in [0.29, 0.717) is 0 Å². The van der Waals surface area contributed by atoms with Gasteiger partial charge in [-0.3, -0.25) is 0 Å². The van der Waals surface area contributed by atoms with E-state index in [1.165, 1.54) is 5.57 Å². The first-order chi connectivity index (χ1) is 9.17. The lowest BCUT2D eigenvalue weighted by Gasteiger charge is -2.23. The molecule has 0 bridgehead atoms. The predicted octanol–water partition coefficient (Wildman–Crippen LogP) is 3.71. The molecule has 0 saturated heterocycles. The average Bonchev–Trinajstić information content (AvgIpc) is 2.45. The van der Waals surface area contributed by atoms with Crippen LogP contribution in [-0.4, -0.2) is 20.8 Å². The van der Waals surface area contributed by atoms with E-state index in [1.54, 1.807) is 14.2 Å². The Morgan fingerprint density at radius 1 is 1.21 bits per heavy atom. The van der Waals surface area contributed by atoms with Gasteiger partial charge in [0.2, 0.25) is 0 Å². The summed E-state index contributed by atoms with van der Waals surface area (Å²) in [7, 11) is 3.38. The van der Waals surface area contributed by atoms with Gasteiger partial charge in [-0.1, -0.05) is 32.1 Å². The zero-order valence-electron chi connectivity index (χ0n) is 12.5. The van der Waals surface area contributed by atoms with E-state index >= 15 is 0 Å². The Hall–Kier alpha value is -1.48. The standard InChI is InChI=1S/C16H25NO2/c1-6-12(3)11-13(17-7-2)16-14(18-4)9-8-10-15(16)19-5/h8-10,13,17H,3,6-7,11H2,1-2,4-5H3. The minimum Gasteiger partial charge on any atom is -0.496 e. The van der Waals surface area contributed by atoms with Crippen molar-refractivity contribution in [3.05, 3.63) is 35.9 Å². The van der Waals surface area contributed by atoms with E-state index in [0.717, 1.165) is 36.4 Å². The highest BCUT2D eigenvalue weighted by atomic mass is 16.5. The van der Waals surface area contributed by atoms with Gasteiger partial charge in [0.1, 0.15) is 11.5 Å². The second kappa shape index (κ2) is 7.85. The van der Waals surface area contributed by atoms with E-state index in [9.17, 15) is 0 Å². The molecule has 0 aromatic heterocycles. The Bertz CT molecular complexity index is 393. The van der Waals surface area contributed by atoms with Crippen LogP contribution in [0.15, 0.2) is 30.4 Å². The van der Waals surface area contributed by atoms with Gasteiger partial charge < -0.3 is 14.8 Å². The fourth-order valence-electron chi connectivity index (χ4n) is 2.18. The molecule has 0 saturated carbocycles. The molecule has 0 aliphatic carbocycles. The van der Waals surface area contributed by atoms with Crippen LogP contribution in [-0.2, 0) is 0 Å². The molecule has 19 heavy (non-hydrogen) atoms. The van der Waals surface area contributed by atoms with E-state index in [2.05, 4.69) is 25.7 Å². The van der Waals surface area contributed by atoms with Crippen molar-refractivity contribution in [1.82, 2.24) is 5.32 Å². The Morgan fingerprint density at radius 2 is 1.79 bits per heavy atom. The van der Waals surface area contributed by atoms with E-state index in [1.807, 2.05) is 18.2 Å². The van der Waals surface area contributed by atoms with Gasteiger partial charge in [0.05, 0.1) is 19.8 Å². The van der Waals surface area contributed by atoms with Crippen LogP contribution in [0.25, 0.3) is 0 Å². The van der Waals surface area contributed by atoms with Crippen molar-refractivity contribution in [2.24, 2.45) is 0 Å². The SMILES string of the molecule is C=C(CC)CC(NCC)c1c(OC)cccc1OC. The molecule has 0 aliphatic heterocycles. The van der Waals surface area contributed by atoms with Crippen molar-refractivity contribution in [3.8, 4) is 11.5 Å². The number of methoxy groups -OCH3 is 2. The van der Waals surface area contributed by atoms with Gasteiger partial charge >= 0.3 is 0 Å². The molecule has 1 atom stereocenters. The Balaban J connectivity index is 3.15. The van der Waals surface area contributed by atoms with Crippen LogP contribution in [0.4, 0.5) is 0 Å². The molecule has 0 radical (unpaired) electrons. The second-order valence-corrected chi connectivity index (χ2v) is 4.49. The molecular weight excluding hydrogens is 238 g/mol. The predicted molar refractivity (Wildman–Crippen MR) is 80.0 cm³/mol. The van der Waals surface area contributed by atoms with Crippen molar-refractivity contribution in [3.63, 3.8) is 0 Å². The maximum Gasteiger partial charge on any atom is 0.127 e. The van der Waals surface area contributed by atoms with E-state index in [4.69, 9.17) is 9.47 Å². The summed E-state index contributed by atoms with van der Waals surface area (Å²) in [6, 6.07) is 6.05. The molecule has 1 aromatic carbocycles. The largest absolute Gasteiger partial charge is 0.496 e. The maximum absolute atomic E-state index is 5.48. The summed E-state index contributed by atoms with van der Waals surface area (Å²) in [5.74, 6) is 1.71. The summed E-state index contributed by atoms with van der Waals surface area (Å²) >= 11 is 0. The molecule has 3 heteroatoms. The first kappa shape index (κ1) is 15.6. The monoisotopic (exact) mass is 263 g/mol. The number of ether oxygens (including phenoxy) is 2.